The molecule has 2 N–H and O–H groups in total. The fourth-order valence-corrected chi connectivity index (χ4v) is 3.34. The van der Waals surface area contributed by atoms with Crippen molar-refractivity contribution >= 4 is 23.5 Å². The van der Waals surface area contributed by atoms with Crippen LogP contribution in [0.4, 0.5) is 10.5 Å². The van der Waals surface area contributed by atoms with Crippen LogP contribution in [0, 0.1) is 5.92 Å². The first-order chi connectivity index (χ1) is 13.1. The number of nitrogens with one attached hydrogen (secondary N) is 2. The van der Waals surface area contributed by atoms with Crippen LogP contribution in [-0.4, -0.2) is 56.2 Å². The summed E-state index contributed by atoms with van der Waals surface area (Å²) in [5.74, 6) is 0.412. The van der Waals surface area contributed by atoms with Crippen LogP contribution in [0.2, 0.25) is 0 Å². The Kier molecular flexibility index (Phi) is 6.37. The van der Waals surface area contributed by atoms with Gasteiger partial charge < -0.3 is 24.8 Å². The van der Waals surface area contributed by atoms with Crippen LogP contribution in [0.15, 0.2) is 12.1 Å². The minimum Gasteiger partial charge on any atom is -0.493 e. The van der Waals surface area contributed by atoms with Crippen LogP contribution in [0.5, 0.6) is 17.2 Å². The van der Waals surface area contributed by atoms with Gasteiger partial charge in [-0.15, -0.1) is 0 Å². The van der Waals surface area contributed by atoms with E-state index in [2.05, 4.69) is 10.6 Å². The second-order valence-electron chi connectivity index (χ2n) is 7.21. The smallest absolute Gasteiger partial charge is 0.325 e. The van der Waals surface area contributed by atoms with Gasteiger partial charge in [0.05, 0.1) is 21.3 Å². The lowest BCUT2D eigenvalue weighted by Crippen LogP contribution is -2.45. The second kappa shape index (κ2) is 8.37. The third-order valence-electron chi connectivity index (χ3n) is 4.41. The van der Waals surface area contributed by atoms with E-state index in [1.807, 2.05) is 13.8 Å². The third kappa shape index (κ3) is 4.29. The molecule has 0 saturated carbocycles. The van der Waals surface area contributed by atoms with Gasteiger partial charge in [-0.3, -0.25) is 14.5 Å². The highest BCUT2D eigenvalue weighted by molar-refractivity contribution is 6.10. The zero-order valence-corrected chi connectivity index (χ0v) is 17.0. The van der Waals surface area contributed by atoms with Crippen LogP contribution < -0.4 is 24.8 Å². The van der Waals surface area contributed by atoms with E-state index in [9.17, 15) is 14.4 Å². The van der Waals surface area contributed by atoms with Crippen molar-refractivity contribution in [1.82, 2.24) is 10.2 Å². The molecule has 2 rings (SSSR count). The number of carbonyl (C=O) groups is 3. The lowest BCUT2D eigenvalue weighted by Gasteiger charge is -2.23. The summed E-state index contributed by atoms with van der Waals surface area (Å²) in [6, 6.07) is 2.55. The number of anilines is 1. The molecule has 9 heteroatoms. The van der Waals surface area contributed by atoms with E-state index < -0.39 is 29.9 Å². The van der Waals surface area contributed by atoms with Gasteiger partial charge in [-0.1, -0.05) is 13.8 Å². The molecule has 1 saturated heterocycles. The van der Waals surface area contributed by atoms with E-state index in [0.29, 0.717) is 29.4 Å². The number of rotatable bonds is 8. The summed E-state index contributed by atoms with van der Waals surface area (Å²) in [4.78, 5) is 38.2. The van der Waals surface area contributed by atoms with Gasteiger partial charge >= 0.3 is 6.03 Å². The summed E-state index contributed by atoms with van der Waals surface area (Å²) < 4.78 is 15.7. The molecule has 154 valence electrons. The molecule has 1 aromatic rings. The largest absolute Gasteiger partial charge is 0.493 e. The van der Waals surface area contributed by atoms with Gasteiger partial charge in [-0.05, 0) is 19.3 Å². The SMILES string of the molecule is COc1cc(NC(=O)CN2C(=O)N[C@](C)(CC(C)C)C2=O)cc(OC)c1OC. The molecule has 1 aromatic carbocycles. The molecule has 0 unspecified atom stereocenters. The summed E-state index contributed by atoms with van der Waals surface area (Å²) >= 11 is 0. The number of benzene rings is 1. The Morgan fingerprint density at radius 3 is 2.18 bits per heavy atom. The lowest BCUT2D eigenvalue weighted by atomic mass is 9.91. The molecule has 28 heavy (non-hydrogen) atoms. The van der Waals surface area contributed by atoms with Crippen molar-refractivity contribution in [1.29, 1.82) is 0 Å². The average Bonchev–Trinajstić information content (AvgIpc) is 2.82. The third-order valence-corrected chi connectivity index (χ3v) is 4.41. The van der Waals surface area contributed by atoms with E-state index in [1.165, 1.54) is 21.3 Å². The molecule has 0 aromatic heterocycles. The fourth-order valence-electron chi connectivity index (χ4n) is 3.34. The fraction of sp³-hybridized carbons (Fsp3) is 0.526. The number of hydrogen-bond acceptors (Lipinski definition) is 6. The summed E-state index contributed by atoms with van der Waals surface area (Å²) in [6.45, 7) is 5.20. The number of amides is 4. The first-order valence-corrected chi connectivity index (χ1v) is 8.89. The molecule has 0 bridgehead atoms. The molecular weight excluding hydrogens is 366 g/mol. The van der Waals surface area contributed by atoms with Gasteiger partial charge in [0, 0.05) is 17.8 Å². The van der Waals surface area contributed by atoms with Gasteiger partial charge in [0.1, 0.15) is 12.1 Å². The van der Waals surface area contributed by atoms with E-state index in [-0.39, 0.29) is 5.92 Å². The highest BCUT2D eigenvalue weighted by atomic mass is 16.5. The summed E-state index contributed by atoms with van der Waals surface area (Å²) in [5, 5.41) is 5.33. The lowest BCUT2D eigenvalue weighted by molar-refractivity contribution is -0.133. The molecule has 9 nitrogen and oxygen atoms in total. The number of carbonyl (C=O) groups excluding carboxylic acids is 3. The molecule has 0 aliphatic carbocycles. The van der Waals surface area contributed by atoms with Crippen LogP contribution in [0.25, 0.3) is 0 Å². The normalized spacial score (nSPS) is 18.9. The highest BCUT2D eigenvalue weighted by Crippen LogP contribution is 2.39. The maximum atomic E-state index is 12.7. The molecule has 1 aliphatic rings. The van der Waals surface area contributed by atoms with E-state index in [4.69, 9.17) is 14.2 Å². The standard InChI is InChI=1S/C19H27N3O6/c1-11(2)9-19(3)17(24)22(18(25)21-19)10-15(23)20-12-7-13(26-4)16(28-6)14(8-12)27-5/h7-8,11H,9-10H2,1-6H3,(H,20,23)(H,21,25)/t19-/m1/s1. The molecule has 0 spiro atoms. The Morgan fingerprint density at radius 1 is 1.14 bits per heavy atom. The van der Waals surface area contributed by atoms with Crippen molar-refractivity contribution in [2.24, 2.45) is 5.92 Å². The Bertz CT molecular complexity index is 754. The number of imide groups is 1. The zero-order valence-electron chi connectivity index (χ0n) is 17.0. The summed E-state index contributed by atoms with van der Waals surface area (Å²) in [5.41, 5.74) is -0.616. The van der Waals surface area contributed by atoms with Crippen LogP contribution in [-0.2, 0) is 9.59 Å². The number of methoxy groups -OCH3 is 3. The number of hydrogen-bond donors (Lipinski definition) is 2. The van der Waals surface area contributed by atoms with Crippen molar-refractivity contribution in [2.75, 3.05) is 33.2 Å². The molecule has 1 aliphatic heterocycles. The molecule has 1 fully saturated rings. The van der Waals surface area contributed by atoms with Gasteiger partial charge in [-0.25, -0.2) is 4.79 Å². The number of ether oxygens (including phenoxy) is 3. The topological polar surface area (TPSA) is 106 Å². The Balaban J connectivity index is 2.14. The van der Waals surface area contributed by atoms with Crippen molar-refractivity contribution < 1.29 is 28.6 Å². The molecule has 0 radical (unpaired) electrons. The predicted molar refractivity (Wildman–Crippen MR) is 103 cm³/mol. The Morgan fingerprint density at radius 2 is 1.71 bits per heavy atom. The van der Waals surface area contributed by atoms with Gasteiger partial charge in [0.25, 0.3) is 5.91 Å². The number of urea groups is 1. The van der Waals surface area contributed by atoms with Crippen LogP contribution >= 0.6 is 0 Å². The monoisotopic (exact) mass is 393 g/mol. The molecule has 4 amide bonds. The van der Waals surface area contributed by atoms with Gasteiger partial charge in [-0.2, -0.15) is 0 Å². The minimum atomic E-state index is -1.00. The zero-order chi connectivity index (χ0) is 21.1. The van der Waals surface area contributed by atoms with E-state index in [0.717, 1.165) is 4.90 Å². The average molecular weight is 393 g/mol. The predicted octanol–water partition coefficient (Wildman–Crippen LogP) is 2.01. The van der Waals surface area contributed by atoms with Crippen molar-refractivity contribution in [2.45, 2.75) is 32.7 Å². The maximum Gasteiger partial charge on any atom is 0.325 e. The van der Waals surface area contributed by atoms with Crippen molar-refractivity contribution in [3.8, 4) is 17.2 Å². The van der Waals surface area contributed by atoms with Crippen LogP contribution in [0.1, 0.15) is 27.2 Å². The number of nitrogens with zero attached hydrogens (tertiary/aromatic N) is 1. The van der Waals surface area contributed by atoms with Crippen molar-refractivity contribution in [3.05, 3.63) is 12.1 Å². The Hall–Kier alpha value is -2.97. The second-order valence-corrected chi connectivity index (χ2v) is 7.21. The van der Waals surface area contributed by atoms with Gasteiger partial charge in [0.2, 0.25) is 11.7 Å². The van der Waals surface area contributed by atoms with Gasteiger partial charge in [0.15, 0.2) is 11.5 Å². The molecule has 1 heterocycles. The maximum absolute atomic E-state index is 12.7. The highest BCUT2D eigenvalue weighted by Gasteiger charge is 2.48. The summed E-state index contributed by atoms with van der Waals surface area (Å²) in [7, 11) is 4.40. The minimum absolute atomic E-state index is 0.210. The molecule has 1 atom stereocenters. The quantitative estimate of drug-likeness (QED) is 0.655. The Labute approximate surface area is 164 Å². The van der Waals surface area contributed by atoms with E-state index in [1.54, 1.807) is 19.1 Å². The first kappa shape index (κ1) is 21.3. The molecular formula is C19H27N3O6. The summed E-state index contributed by atoms with van der Waals surface area (Å²) in [6.07, 6.45) is 0.489. The van der Waals surface area contributed by atoms with Crippen LogP contribution in [0.3, 0.4) is 0 Å². The first-order valence-electron chi connectivity index (χ1n) is 8.89. The van der Waals surface area contributed by atoms with Crippen molar-refractivity contribution in [3.63, 3.8) is 0 Å². The van der Waals surface area contributed by atoms with E-state index >= 15 is 0 Å².